The third kappa shape index (κ3) is 6.03. The van der Waals surface area contributed by atoms with Crippen LogP contribution in [0.3, 0.4) is 0 Å². The fourth-order valence-corrected chi connectivity index (χ4v) is 6.18. The van der Waals surface area contributed by atoms with Crippen LogP contribution < -0.4 is 16.2 Å². The van der Waals surface area contributed by atoms with E-state index in [1.807, 2.05) is 84.9 Å². The van der Waals surface area contributed by atoms with E-state index in [0.29, 0.717) is 28.6 Å². The molecule has 0 bridgehead atoms. The van der Waals surface area contributed by atoms with Crippen molar-refractivity contribution in [2.75, 3.05) is 19.6 Å². The molecule has 1 unspecified atom stereocenters. The molecule has 43 heavy (non-hydrogen) atoms. The lowest BCUT2D eigenvalue weighted by atomic mass is 9.99. The maximum Gasteiger partial charge on any atom is 0.263 e. The first-order valence-electron chi connectivity index (χ1n) is 15.1. The summed E-state index contributed by atoms with van der Waals surface area (Å²) >= 11 is 0. The van der Waals surface area contributed by atoms with E-state index in [4.69, 9.17) is 0 Å². The van der Waals surface area contributed by atoms with Crippen molar-refractivity contribution < 1.29 is 4.79 Å². The molecule has 6 rings (SSSR count). The van der Waals surface area contributed by atoms with E-state index in [-0.39, 0.29) is 23.6 Å². The van der Waals surface area contributed by atoms with Gasteiger partial charge in [-0.1, -0.05) is 103 Å². The highest BCUT2D eigenvalue weighted by molar-refractivity contribution is 6.08. The molecule has 1 saturated heterocycles. The normalized spacial score (nSPS) is 16.2. The van der Waals surface area contributed by atoms with Gasteiger partial charge >= 0.3 is 0 Å². The molecule has 1 aliphatic rings. The van der Waals surface area contributed by atoms with E-state index < -0.39 is 0 Å². The maximum atomic E-state index is 14.4. The number of hydrogen-bond donors (Lipinski definition) is 2. The Bertz CT molecular complexity index is 1760. The van der Waals surface area contributed by atoms with Gasteiger partial charge in [-0.3, -0.25) is 19.1 Å². The molecule has 2 atom stereocenters. The van der Waals surface area contributed by atoms with Gasteiger partial charge in [-0.15, -0.1) is 0 Å². The fourth-order valence-electron chi connectivity index (χ4n) is 6.18. The summed E-state index contributed by atoms with van der Waals surface area (Å²) in [6.45, 7) is 7.02. The highest BCUT2D eigenvalue weighted by Gasteiger charge is 2.28. The van der Waals surface area contributed by atoms with Gasteiger partial charge in [0.15, 0.2) is 0 Å². The quantitative estimate of drug-likeness (QED) is 0.229. The van der Waals surface area contributed by atoms with Crippen LogP contribution in [0.5, 0.6) is 0 Å². The molecule has 2 heterocycles. The molecular weight excluding hydrogens is 532 g/mol. The van der Waals surface area contributed by atoms with Crippen LogP contribution in [0.25, 0.3) is 16.5 Å². The number of amides is 1. The molecular formula is C37H38N4O2. The SMILES string of the molecule is CC[C@H](NC(=O)c1c(CN2CCNC(c3ccc(C)cc3)C2)n(-c2ccccc2)c(=O)c2ccccc12)c1ccccc1. The largest absolute Gasteiger partial charge is 0.345 e. The van der Waals surface area contributed by atoms with E-state index in [9.17, 15) is 9.59 Å². The van der Waals surface area contributed by atoms with Gasteiger partial charge in [-0.05, 0) is 42.7 Å². The van der Waals surface area contributed by atoms with Crippen molar-refractivity contribution in [2.24, 2.45) is 0 Å². The summed E-state index contributed by atoms with van der Waals surface area (Å²) < 4.78 is 1.75. The molecule has 0 saturated carbocycles. The third-order valence-electron chi connectivity index (χ3n) is 8.46. The van der Waals surface area contributed by atoms with Gasteiger partial charge in [-0.2, -0.15) is 0 Å². The molecule has 1 fully saturated rings. The molecule has 1 aliphatic heterocycles. The monoisotopic (exact) mass is 570 g/mol. The van der Waals surface area contributed by atoms with Crippen LogP contribution >= 0.6 is 0 Å². The van der Waals surface area contributed by atoms with Crippen molar-refractivity contribution >= 4 is 16.7 Å². The van der Waals surface area contributed by atoms with Crippen LogP contribution in [0.15, 0.2) is 114 Å². The van der Waals surface area contributed by atoms with Crippen molar-refractivity contribution in [3.8, 4) is 5.69 Å². The number of pyridine rings is 1. The van der Waals surface area contributed by atoms with Crippen molar-refractivity contribution in [2.45, 2.75) is 38.9 Å². The number of piperazine rings is 1. The lowest BCUT2D eigenvalue weighted by Gasteiger charge is -2.35. The minimum absolute atomic E-state index is 0.117. The Morgan fingerprint density at radius 1 is 0.884 bits per heavy atom. The van der Waals surface area contributed by atoms with Crippen LogP contribution in [0.2, 0.25) is 0 Å². The van der Waals surface area contributed by atoms with Gasteiger partial charge in [0.1, 0.15) is 0 Å². The van der Waals surface area contributed by atoms with Gasteiger partial charge in [0.25, 0.3) is 11.5 Å². The summed E-state index contributed by atoms with van der Waals surface area (Å²) in [4.78, 5) is 31.0. The second-order valence-electron chi connectivity index (χ2n) is 11.3. The molecule has 1 amide bonds. The summed E-state index contributed by atoms with van der Waals surface area (Å²) in [5, 5.41) is 8.19. The summed E-state index contributed by atoms with van der Waals surface area (Å²) in [5.41, 5.74) is 5.43. The van der Waals surface area contributed by atoms with Crippen molar-refractivity contribution in [1.82, 2.24) is 20.1 Å². The second-order valence-corrected chi connectivity index (χ2v) is 11.3. The molecule has 6 nitrogen and oxygen atoms in total. The number of nitrogens with one attached hydrogen (secondary N) is 2. The number of nitrogens with zero attached hydrogens (tertiary/aromatic N) is 2. The van der Waals surface area contributed by atoms with Crippen molar-refractivity contribution in [1.29, 1.82) is 0 Å². The molecule has 6 heteroatoms. The van der Waals surface area contributed by atoms with Gasteiger partial charge in [0.2, 0.25) is 0 Å². The summed E-state index contributed by atoms with van der Waals surface area (Å²) in [5.74, 6) is -0.170. The van der Waals surface area contributed by atoms with E-state index in [2.05, 4.69) is 53.6 Å². The van der Waals surface area contributed by atoms with Crippen molar-refractivity contribution in [3.63, 3.8) is 0 Å². The Morgan fingerprint density at radius 3 is 2.23 bits per heavy atom. The number of fused-ring (bicyclic) bond motifs is 1. The molecule has 0 aliphatic carbocycles. The van der Waals surface area contributed by atoms with E-state index >= 15 is 0 Å². The maximum absolute atomic E-state index is 14.4. The third-order valence-corrected chi connectivity index (χ3v) is 8.46. The Balaban J connectivity index is 1.47. The number of carbonyl (C=O) groups is 1. The molecule has 0 radical (unpaired) electrons. The predicted molar refractivity (Wildman–Crippen MR) is 174 cm³/mol. The zero-order valence-corrected chi connectivity index (χ0v) is 24.8. The Kier molecular flexibility index (Phi) is 8.50. The Hall–Kier alpha value is -4.52. The smallest absolute Gasteiger partial charge is 0.263 e. The predicted octanol–water partition coefficient (Wildman–Crippen LogP) is 6.33. The van der Waals surface area contributed by atoms with Gasteiger partial charge in [0, 0.05) is 48.7 Å². The summed E-state index contributed by atoms with van der Waals surface area (Å²) in [6.07, 6.45) is 0.747. The van der Waals surface area contributed by atoms with Crippen molar-refractivity contribution in [3.05, 3.63) is 147 Å². The lowest BCUT2D eigenvalue weighted by Crippen LogP contribution is -2.46. The first-order chi connectivity index (χ1) is 21.0. The van der Waals surface area contributed by atoms with Crippen LogP contribution in [0.1, 0.15) is 58.2 Å². The fraction of sp³-hybridized carbons (Fsp3) is 0.243. The van der Waals surface area contributed by atoms with E-state index in [1.165, 1.54) is 11.1 Å². The number of para-hydroxylation sites is 1. The van der Waals surface area contributed by atoms with Gasteiger partial charge < -0.3 is 10.6 Å². The zero-order valence-electron chi connectivity index (χ0n) is 24.8. The number of carbonyl (C=O) groups excluding carboxylic acids is 1. The number of aryl methyl sites for hydroxylation is 1. The number of hydrogen-bond acceptors (Lipinski definition) is 4. The van der Waals surface area contributed by atoms with Crippen LogP contribution in [0.4, 0.5) is 0 Å². The van der Waals surface area contributed by atoms with E-state index in [0.717, 1.165) is 37.3 Å². The molecule has 2 N–H and O–H groups in total. The average Bonchev–Trinajstić information content (AvgIpc) is 3.05. The van der Waals surface area contributed by atoms with Crippen LogP contribution in [-0.4, -0.2) is 35.0 Å². The highest BCUT2D eigenvalue weighted by Crippen LogP contribution is 2.27. The minimum atomic E-state index is -0.170. The first kappa shape index (κ1) is 28.6. The average molecular weight is 571 g/mol. The van der Waals surface area contributed by atoms with Gasteiger partial charge in [-0.25, -0.2) is 0 Å². The van der Waals surface area contributed by atoms with E-state index in [1.54, 1.807) is 4.57 Å². The van der Waals surface area contributed by atoms with Crippen LogP contribution in [0, 0.1) is 6.92 Å². The summed E-state index contributed by atoms with van der Waals surface area (Å²) in [7, 11) is 0. The summed E-state index contributed by atoms with van der Waals surface area (Å²) in [6, 6.07) is 35.9. The minimum Gasteiger partial charge on any atom is -0.345 e. The number of benzene rings is 4. The molecule has 4 aromatic carbocycles. The Labute approximate surface area is 253 Å². The number of rotatable bonds is 8. The second kappa shape index (κ2) is 12.8. The standard InChI is InChI=1S/C37H38N4O2/c1-3-32(27-12-6-4-7-13-27)39-36(42)35-30-16-10-11-17-31(30)37(43)41(29-14-8-5-9-15-29)34(35)25-40-23-22-38-33(24-40)28-20-18-26(2)19-21-28/h4-21,32-33,38H,3,22-25H2,1-2H3,(H,39,42)/t32-,33?/m0/s1. The Morgan fingerprint density at radius 2 is 1.53 bits per heavy atom. The first-order valence-corrected chi connectivity index (χ1v) is 15.1. The molecule has 0 spiro atoms. The number of aromatic nitrogens is 1. The highest BCUT2D eigenvalue weighted by atomic mass is 16.2. The van der Waals surface area contributed by atoms with Crippen LogP contribution in [-0.2, 0) is 6.54 Å². The molecule has 1 aromatic heterocycles. The molecule has 218 valence electrons. The lowest BCUT2D eigenvalue weighted by molar-refractivity contribution is 0.0933. The topological polar surface area (TPSA) is 66.4 Å². The van der Waals surface area contributed by atoms with Gasteiger partial charge in [0.05, 0.1) is 17.3 Å². The zero-order chi connectivity index (χ0) is 29.8. The molecule has 5 aromatic rings.